The van der Waals surface area contributed by atoms with E-state index in [9.17, 15) is 0 Å². The van der Waals surface area contributed by atoms with E-state index in [4.69, 9.17) is 5.73 Å². The first-order valence-electron chi connectivity index (χ1n) is 7.04. The fourth-order valence-corrected chi connectivity index (χ4v) is 4.39. The number of rotatable bonds is 1. The van der Waals surface area contributed by atoms with Crippen LogP contribution in [0.25, 0.3) is 0 Å². The van der Waals surface area contributed by atoms with Gasteiger partial charge >= 0.3 is 0 Å². The van der Waals surface area contributed by atoms with Crippen LogP contribution >= 0.6 is 0 Å². The van der Waals surface area contributed by atoms with Crippen LogP contribution in [0.15, 0.2) is 24.3 Å². The second kappa shape index (κ2) is 3.72. The molecule has 18 heavy (non-hydrogen) atoms. The Morgan fingerprint density at radius 2 is 1.61 bits per heavy atom. The summed E-state index contributed by atoms with van der Waals surface area (Å²) in [5.41, 5.74) is 8.57. The summed E-state index contributed by atoms with van der Waals surface area (Å²) in [7, 11) is 0. The van der Waals surface area contributed by atoms with Crippen molar-refractivity contribution in [2.75, 3.05) is 45.0 Å². The van der Waals surface area contributed by atoms with E-state index >= 15 is 0 Å². The molecule has 96 valence electrons. The SMILES string of the molecule is Nc1ccc(C23CC4CN(CCN(C4)C2)C3)cc1. The van der Waals surface area contributed by atoms with Crippen LogP contribution in [0.3, 0.4) is 0 Å². The summed E-state index contributed by atoms with van der Waals surface area (Å²) < 4.78 is 0. The molecule has 4 aliphatic rings. The second-order valence-electron chi connectivity index (χ2n) is 6.44. The van der Waals surface area contributed by atoms with Gasteiger partial charge in [-0.05, 0) is 30.0 Å². The Labute approximate surface area is 109 Å². The lowest BCUT2D eigenvalue weighted by Crippen LogP contribution is -2.57. The van der Waals surface area contributed by atoms with Crippen molar-refractivity contribution < 1.29 is 0 Å². The summed E-state index contributed by atoms with van der Waals surface area (Å²) in [6.07, 6.45) is 1.36. The van der Waals surface area contributed by atoms with Gasteiger partial charge in [-0.15, -0.1) is 0 Å². The van der Waals surface area contributed by atoms with Gasteiger partial charge in [0.05, 0.1) is 0 Å². The molecular weight excluding hydrogens is 222 g/mol. The predicted octanol–water partition coefficient (Wildman–Crippen LogP) is 1.16. The van der Waals surface area contributed by atoms with Crippen molar-refractivity contribution in [3.63, 3.8) is 0 Å². The maximum atomic E-state index is 5.83. The molecule has 4 bridgehead atoms. The van der Waals surface area contributed by atoms with Crippen LogP contribution in [0.2, 0.25) is 0 Å². The minimum absolute atomic E-state index is 0.366. The Morgan fingerprint density at radius 1 is 1.00 bits per heavy atom. The van der Waals surface area contributed by atoms with E-state index in [1.54, 1.807) is 0 Å². The number of hydrogen-bond acceptors (Lipinski definition) is 3. The van der Waals surface area contributed by atoms with E-state index < -0.39 is 0 Å². The third kappa shape index (κ3) is 1.57. The average molecular weight is 243 g/mol. The summed E-state index contributed by atoms with van der Waals surface area (Å²) >= 11 is 0. The molecule has 1 aromatic rings. The van der Waals surface area contributed by atoms with Gasteiger partial charge in [0.15, 0.2) is 0 Å². The Morgan fingerprint density at radius 3 is 2.22 bits per heavy atom. The highest BCUT2D eigenvalue weighted by molar-refractivity contribution is 5.42. The molecule has 2 atom stereocenters. The van der Waals surface area contributed by atoms with Crippen LogP contribution in [0.4, 0.5) is 5.69 Å². The molecule has 1 aromatic carbocycles. The average Bonchev–Trinajstić information content (AvgIpc) is 2.56. The summed E-state index contributed by atoms with van der Waals surface area (Å²) in [6.45, 7) is 7.62. The van der Waals surface area contributed by atoms with Gasteiger partial charge in [0.1, 0.15) is 0 Å². The highest BCUT2D eigenvalue weighted by Crippen LogP contribution is 2.42. The number of fused-ring (bicyclic) bond motifs is 1. The zero-order valence-corrected chi connectivity index (χ0v) is 10.8. The van der Waals surface area contributed by atoms with Gasteiger partial charge in [-0.3, -0.25) is 0 Å². The number of nitrogens with zero attached hydrogens (tertiary/aromatic N) is 2. The van der Waals surface area contributed by atoms with Gasteiger partial charge in [-0.2, -0.15) is 0 Å². The normalized spacial score (nSPS) is 41.9. The largest absolute Gasteiger partial charge is 0.399 e. The zero-order valence-electron chi connectivity index (χ0n) is 10.8. The van der Waals surface area contributed by atoms with Crippen LogP contribution in [0.1, 0.15) is 12.0 Å². The number of hydrogen-bond donors (Lipinski definition) is 1. The number of benzene rings is 1. The fraction of sp³-hybridized carbons (Fsp3) is 0.600. The molecule has 2 N–H and O–H groups in total. The van der Waals surface area contributed by atoms with Gasteiger partial charge in [-0.25, -0.2) is 0 Å². The van der Waals surface area contributed by atoms with Crippen molar-refractivity contribution >= 4 is 5.69 Å². The van der Waals surface area contributed by atoms with Gasteiger partial charge in [0.2, 0.25) is 0 Å². The maximum Gasteiger partial charge on any atom is 0.0314 e. The maximum absolute atomic E-state index is 5.83. The number of nitrogen functional groups attached to an aromatic ring is 1. The van der Waals surface area contributed by atoms with Gasteiger partial charge in [-0.1, -0.05) is 12.1 Å². The first-order valence-corrected chi connectivity index (χ1v) is 7.04. The Bertz CT molecular complexity index is 437. The molecule has 4 aliphatic heterocycles. The minimum Gasteiger partial charge on any atom is -0.399 e. The lowest BCUT2D eigenvalue weighted by Gasteiger charge is -2.50. The van der Waals surface area contributed by atoms with E-state index in [1.165, 1.54) is 51.3 Å². The molecule has 3 heteroatoms. The van der Waals surface area contributed by atoms with Crippen molar-refractivity contribution in [1.29, 1.82) is 0 Å². The van der Waals surface area contributed by atoms with E-state index in [0.717, 1.165) is 11.6 Å². The molecule has 0 amide bonds. The Kier molecular flexibility index (Phi) is 2.24. The molecule has 3 nitrogen and oxygen atoms in total. The minimum atomic E-state index is 0.366. The third-order valence-electron chi connectivity index (χ3n) is 5.02. The van der Waals surface area contributed by atoms with Crippen LogP contribution in [0, 0.1) is 5.92 Å². The molecule has 0 saturated carbocycles. The van der Waals surface area contributed by atoms with Crippen molar-refractivity contribution in [1.82, 2.24) is 9.80 Å². The second-order valence-corrected chi connectivity index (χ2v) is 6.44. The van der Waals surface area contributed by atoms with Crippen molar-refractivity contribution in [2.24, 2.45) is 5.92 Å². The smallest absolute Gasteiger partial charge is 0.0314 e. The van der Waals surface area contributed by atoms with E-state index in [0.29, 0.717) is 5.41 Å². The number of nitrogens with two attached hydrogens (primary N) is 1. The highest BCUT2D eigenvalue weighted by atomic mass is 15.3. The van der Waals surface area contributed by atoms with Gasteiger partial charge in [0, 0.05) is 50.4 Å². The van der Waals surface area contributed by atoms with Crippen LogP contribution in [-0.4, -0.2) is 49.1 Å². The molecule has 0 radical (unpaired) electrons. The first kappa shape index (κ1) is 10.8. The summed E-state index contributed by atoms with van der Waals surface area (Å²) in [6, 6.07) is 8.64. The summed E-state index contributed by atoms with van der Waals surface area (Å²) in [5, 5.41) is 0. The molecule has 4 saturated heterocycles. The van der Waals surface area contributed by atoms with Crippen LogP contribution in [-0.2, 0) is 5.41 Å². The molecular formula is C15H21N3. The lowest BCUT2D eigenvalue weighted by atomic mass is 9.68. The fourth-order valence-electron chi connectivity index (χ4n) is 4.39. The molecule has 4 fully saturated rings. The topological polar surface area (TPSA) is 32.5 Å². The third-order valence-corrected chi connectivity index (χ3v) is 5.02. The molecule has 0 spiro atoms. The van der Waals surface area contributed by atoms with E-state index in [1.807, 2.05) is 0 Å². The quantitative estimate of drug-likeness (QED) is 0.751. The molecule has 4 heterocycles. The van der Waals surface area contributed by atoms with Gasteiger partial charge < -0.3 is 15.5 Å². The van der Waals surface area contributed by atoms with Crippen LogP contribution < -0.4 is 5.73 Å². The Balaban J connectivity index is 1.76. The van der Waals surface area contributed by atoms with Crippen molar-refractivity contribution in [2.45, 2.75) is 11.8 Å². The summed E-state index contributed by atoms with van der Waals surface area (Å²) in [4.78, 5) is 5.36. The van der Waals surface area contributed by atoms with Crippen molar-refractivity contribution in [3.05, 3.63) is 29.8 Å². The van der Waals surface area contributed by atoms with Gasteiger partial charge in [0.25, 0.3) is 0 Å². The molecule has 0 aromatic heterocycles. The van der Waals surface area contributed by atoms with E-state index in [-0.39, 0.29) is 0 Å². The number of anilines is 1. The monoisotopic (exact) mass is 243 g/mol. The van der Waals surface area contributed by atoms with E-state index in [2.05, 4.69) is 34.1 Å². The van der Waals surface area contributed by atoms with Crippen LogP contribution in [0.5, 0.6) is 0 Å². The summed E-state index contributed by atoms with van der Waals surface area (Å²) in [5.74, 6) is 0.868. The Hall–Kier alpha value is -1.06. The van der Waals surface area contributed by atoms with Crippen molar-refractivity contribution in [3.8, 4) is 0 Å². The molecule has 0 aliphatic carbocycles. The first-order chi connectivity index (χ1) is 8.73. The standard InChI is InChI=1S/C15H21N3/c16-14-3-1-13(2-4-14)15-7-12-8-17(10-15)5-6-18(9-12)11-15/h1-4,12H,5-11,16H2. The number of piperidine rings is 2. The zero-order chi connectivity index (χ0) is 12.2. The predicted molar refractivity (Wildman–Crippen MR) is 73.5 cm³/mol. The molecule has 2 unspecified atom stereocenters. The molecule has 5 rings (SSSR count). The highest BCUT2D eigenvalue weighted by Gasteiger charge is 2.47. The lowest BCUT2D eigenvalue weighted by molar-refractivity contribution is 0.0588.